The monoisotopic (exact) mass is 1130 g/mol. The molecule has 0 aliphatic carbocycles. The molecule has 4 aliphatic heterocycles. The number of hydrazone groups is 1. The Morgan fingerprint density at radius 1 is 1.03 bits per heavy atom. The van der Waals surface area contributed by atoms with E-state index in [0.717, 1.165) is 34.2 Å². The van der Waals surface area contributed by atoms with Crippen molar-refractivity contribution >= 4 is 80.4 Å². The molecule has 2 unspecified atom stereocenters. The quantitative estimate of drug-likeness (QED) is 0.0221. The summed E-state index contributed by atoms with van der Waals surface area (Å²) in [6.45, 7) is 5.09. The Hall–Kier alpha value is -7.35. The van der Waals surface area contributed by atoms with E-state index < -0.39 is 117 Å². The van der Waals surface area contributed by atoms with E-state index in [-0.39, 0.29) is 53.4 Å². The molecule has 2 fully saturated rings. The number of allylic oxidation sites excluding steroid dienone is 3. The summed E-state index contributed by atoms with van der Waals surface area (Å²) in [4.78, 5) is 91.8. The van der Waals surface area contributed by atoms with Crippen molar-refractivity contribution in [1.29, 1.82) is 0 Å². The highest BCUT2D eigenvalue weighted by molar-refractivity contribution is 7.86. The number of benzene rings is 3. The second-order valence-electron chi connectivity index (χ2n) is 19.6. The lowest BCUT2D eigenvalue weighted by Crippen LogP contribution is -2.62. The molecule has 0 saturated carbocycles. The van der Waals surface area contributed by atoms with Crippen LogP contribution in [0.15, 0.2) is 94.5 Å². The van der Waals surface area contributed by atoms with Crippen LogP contribution in [0.4, 0.5) is 20.6 Å². The van der Waals surface area contributed by atoms with Gasteiger partial charge in [0.1, 0.15) is 45.4 Å². The van der Waals surface area contributed by atoms with Gasteiger partial charge in [-0.25, -0.2) is 14.6 Å². The van der Waals surface area contributed by atoms with Gasteiger partial charge in [-0.1, -0.05) is 54.0 Å². The van der Waals surface area contributed by atoms with Gasteiger partial charge in [-0.15, -0.1) is 0 Å². The number of unbranched alkanes of at least 4 members (excludes halogenated alkanes) is 2. The summed E-state index contributed by atoms with van der Waals surface area (Å²) in [6.07, 6.45) is 3.08. The summed E-state index contributed by atoms with van der Waals surface area (Å²) in [6, 6.07) is 10.4. The Balaban J connectivity index is 1.03. The van der Waals surface area contributed by atoms with E-state index in [0.29, 0.717) is 37.1 Å². The van der Waals surface area contributed by atoms with Gasteiger partial charge in [-0.3, -0.25) is 43.5 Å². The minimum atomic E-state index is -5.03. The molecule has 0 radical (unpaired) electrons. The summed E-state index contributed by atoms with van der Waals surface area (Å²) in [5, 5.41) is 20.8. The zero-order chi connectivity index (χ0) is 57.6. The molecule has 79 heavy (non-hydrogen) atoms. The lowest BCUT2D eigenvalue weighted by molar-refractivity contribution is -0.153. The molecule has 0 aromatic heterocycles. The van der Waals surface area contributed by atoms with Crippen LogP contribution < -0.4 is 25.7 Å². The molecular weight excluding hydrogens is 1080 g/mol. The van der Waals surface area contributed by atoms with Crippen LogP contribution in [0.2, 0.25) is 5.02 Å². The van der Waals surface area contributed by atoms with E-state index in [1.54, 1.807) is 31.2 Å². The number of nitrogens with one attached hydrogen (secondary N) is 3. The maximum absolute atomic E-state index is 15.9. The summed E-state index contributed by atoms with van der Waals surface area (Å²) < 4.78 is 79.5. The number of anilines is 2. The molecule has 3 aromatic carbocycles. The van der Waals surface area contributed by atoms with Crippen LogP contribution in [0, 0.1) is 5.82 Å². The van der Waals surface area contributed by atoms with E-state index >= 15 is 4.39 Å². The summed E-state index contributed by atoms with van der Waals surface area (Å²) >= 11 is 6.77. The number of methoxy groups -OCH3 is 2. The maximum Gasteiger partial charge on any atom is 0.409 e. The van der Waals surface area contributed by atoms with E-state index in [4.69, 9.17) is 35.3 Å². The molecule has 4 bridgehead atoms. The molecule has 22 nitrogen and oxygen atoms in total. The molecule has 25 heteroatoms. The SMILES string of the molecule is COc1cc2cc(c1Cl)N(C)C(=O)C[C@H](OC(=O)Cc1ccc(/C(C)=N/NC(=O)c3ccc(NC(=O)CCCCCN4C(=O)C=CC4=O)cc3S(=O)(=O)O)cc1F)C1(C)OC1C[C@@H]1C[C@@](O)(NC(=O)O1)[C@H](OC)/C=C/C=C(\C)C2. The lowest BCUT2D eigenvalue weighted by atomic mass is 9.90. The fourth-order valence-corrected chi connectivity index (χ4v) is 10.4. The van der Waals surface area contributed by atoms with Crippen molar-refractivity contribution in [3.8, 4) is 5.75 Å². The predicted octanol–water partition coefficient (Wildman–Crippen LogP) is 5.63. The van der Waals surface area contributed by atoms with Crippen LogP contribution in [0.25, 0.3) is 0 Å². The van der Waals surface area contributed by atoms with Gasteiger partial charge < -0.3 is 39.0 Å². The van der Waals surface area contributed by atoms with Crippen molar-refractivity contribution in [3.05, 3.63) is 118 Å². The smallest absolute Gasteiger partial charge is 0.409 e. The number of hydrogen-bond donors (Lipinski definition) is 5. The van der Waals surface area contributed by atoms with Gasteiger partial charge in [0.15, 0.2) is 5.72 Å². The van der Waals surface area contributed by atoms with Gasteiger partial charge in [-0.2, -0.15) is 13.5 Å². The van der Waals surface area contributed by atoms with Gasteiger partial charge in [0.05, 0.1) is 43.0 Å². The van der Waals surface area contributed by atoms with E-state index in [2.05, 4.69) is 21.2 Å². The highest BCUT2D eigenvalue weighted by atomic mass is 35.5. The number of amides is 6. The molecular formula is C54H60ClFN6O16S. The van der Waals surface area contributed by atoms with E-state index in [1.165, 1.54) is 63.4 Å². The Kier molecular flexibility index (Phi) is 18.6. The van der Waals surface area contributed by atoms with Gasteiger partial charge in [0.2, 0.25) is 11.8 Å². The molecule has 7 rings (SSSR count). The molecule has 0 spiro atoms. The van der Waals surface area contributed by atoms with Gasteiger partial charge in [0, 0.05) is 63.4 Å². The number of halogens is 2. The number of esters is 1. The minimum Gasteiger partial charge on any atom is -0.495 e. The Bertz CT molecular complexity index is 3170. The number of hydrogen-bond acceptors (Lipinski definition) is 16. The summed E-state index contributed by atoms with van der Waals surface area (Å²) in [5.74, 6) is -4.48. The first-order chi connectivity index (χ1) is 37.3. The van der Waals surface area contributed by atoms with Crippen molar-refractivity contribution in [1.82, 2.24) is 15.6 Å². The topological polar surface area (TPSA) is 298 Å². The molecule has 5 N–H and O–H groups in total. The largest absolute Gasteiger partial charge is 0.495 e. The van der Waals surface area contributed by atoms with Crippen LogP contribution in [-0.2, 0) is 65.9 Å². The third kappa shape index (κ3) is 14.5. The number of aliphatic hydroxyl groups is 1. The average Bonchev–Trinajstić information content (AvgIpc) is 4.13. The molecule has 4 aliphatic rings. The third-order valence-electron chi connectivity index (χ3n) is 13.9. The van der Waals surface area contributed by atoms with Gasteiger partial charge in [0.25, 0.3) is 27.8 Å². The van der Waals surface area contributed by atoms with Crippen LogP contribution in [0.5, 0.6) is 5.75 Å². The first-order valence-electron chi connectivity index (χ1n) is 25.0. The number of ether oxygens (including phenoxy) is 5. The number of alkyl carbamates (subject to hydrolysis) is 1. The number of rotatable bonds is 16. The zero-order valence-corrected chi connectivity index (χ0v) is 45.6. The maximum atomic E-state index is 15.9. The number of carbonyl (C=O) groups is 7. The van der Waals surface area contributed by atoms with E-state index in [1.807, 2.05) is 13.0 Å². The third-order valence-corrected chi connectivity index (χ3v) is 15.1. The minimum absolute atomic E-state index is 0.00502. The normalized spacial score (nSPS) is 24.6. The van der Waals surface area contributed by atoms with Crippen molar-refractivity contribution in [2.24, 2.45) is 5.10 Å². The second kappa shape index (κ2) is 24.8. The van der Waals surface area contributed by atoms with Crippen molar-refractivity contribution in [3.63, 3.8) is 0 Å². The number of fused-ring (bicyclic) bond motifs is 5. The van der Waals surface area contributed by atoms with Crippen LogP contribution in [0.3, 0.4) is 0 Å². The molecule has 6 amide bonds. The highest BCUT2D eigenvalue weighted by Gasteiger charge is 2.61. The first-order valence-corrected chi connectivity index (χ1v) is 26.8. The number of carbonyl (C=O) groups excluding carboxylic acids is 7. The van der Waals surface area contributed by atoms with Gasteiger partial charge >= 0.3 is 12.1 Å². The second-order valence-corrected chi connectivity index (χ2v) is 21.4. The Morgan fingerprint density at radius 2 is 1.76 bits per heavy atom. The summed E-state index contributed by atoms with van der Waals surface area (Å²) in [5.41, 5.74) is 0.290. The first kappa shape index (κ1) is 59.3. The number of imide groups is 1. The summed E-state index contributed by atoms with van der Waals surface area (Å²) in [7, 11) is -0.717. The molecule has 6 atom stereocenters. The number of nitrogens with zero attached hydrogens (tertiary/aromatic N) is 3. The standard InChI is InChI=1S/C54H60ClFN6O16S/c1-30-11-10-12-42(75-6)54(70)29-36(76-52(69)58-54)27-44-53(3,78-44)43(28-48(66)61(4)39-22-32(21-30)23-40(74-5)50(39)55)77-49(67)25-34-15-14-33(24-38(34)56)31(2)59-60-51(68)37-17-16-35(26-41(37)79(71,72)73)57-45(63)13-8-7-9-20-62-46(64)18-19-47(62)65/h10-12,14-19,22-24,26,36,42-44,70H,7-9,13,20-21,25,27-29H2,1-6H3,(H,57,63)(H,58,69)(H,60,68)(H,71,72,73)/b12-10+,30-11+,59-31+/t36-,42-,43+,44?,53?,54+/m1/s1. The van der Waals surface area contributed by atoms with Crippen LogP contribution in [0.1, 0.15) is 92.8 Å². The Morgan fingerprint density at radius 3 is 2.44 bits per heavy atom. The highest BCUT2D eigenvalue weighted by Crippen LogP contribution is 2.47. The van der Waals surface area contributed by atoms with Crippen LogP contribution in [-0.4, -0.2) is 134 Å². The molecule has 422 valence electrons. The van der Waals surface area contributed by atoms with E-state index in [9.17, 15) is 51.6 Å². The fourth-order valence-electron chi connectivity index (χ4n) is 9.39. The molecule has 3 aromatic rings. The van der Waals surface area contributed by atoms with Crippen molar-refractivity contribution in [2.75, 3.05) is 38.0 Å². The lowest BCUT2D eigenvalue weighted by Gasteiger charge is -2.40. The van der Waals surface area contributed by atoms with Crippen LogP contribution >= 0.6 is 11.6 Å². The van der Waals surface area contributed by atoms with Crippen molar-refractivity contribution < 1.29 is 79.7 Å². The number of epoxide rings is 1. The Labute approximate surface area is 459 Å². The van der Waals surface area contributed by atoms with Crippen molar-refractivity contribution in [2.45, 2.75) is 119 Å². The van der Waals surface area contributed by atoms with Gasteiger partial charge in [-0.05, 0) is 87.6 Å². The predicted molar refractivity (Wildman–Crippen MR) is 283 cm³/mol. The molecule has 4 heterocycles. The molecule has 2 saturated heterocycles. The zero-order valence-electron chi connectivity index (χ0n) is 44.0. The fraction of sp³-hybridized carbons (Fsp3) is 0.407. The average molecular weight is 1140 g/mol.